The number of ketones is 1. The number of nitrogens with zero attached hydrogens (tertiary/aromatic N) is 5. The van der Waals surface area contributed by atoms with E-state index in [1.165, 1.54) is 28.7 Å². The molecule has 4 aromatic rings. The number of benzene rings is 2. The van der Waals surface area contributed by atoms with Crippen LogP contribution in [0, 0.1) is 11.3 Å². The number of nitriles is 1. The van der Waals surface area contributed by atoms with E-state index < -0.39 is 5.92 Å². The van der Waals surface area contributed by atoms with Crippen LogP contribution in [0.2, 0.25) is 0 Å². The van der Waals surface area contributed by atoms with Crippen LogP contribution >= 0.6 is 23.1 Å². The Labute approximate surface area is 207 Å². The molecule has 0 N–H and O–H groups in total. The summed E-state index contributed by atoms with van der Waals surface area (Å²) in [5, 5.41) is 21.3. The van der Waals surface area contributed by atoms with E-state index in [4.69, 9.17) is 0 Å². The Hall–Kier alpha value is -3.28. The van der Waals surface area contributed by atoms with Crippen LogP contribution in [-0.4, -0.2) is 31.3 Å². The van der Waals surface area contributed by atoms with Gasteiger partial charge in [-0.3, -0.25) is 4.79 Å². The normalized spacial score (nSPS) is 12.3. The third-order valence-electron chi connectivity index (χ3n) is 5.48. The van der Waals surface area contributed by atoms with Crippen LogP contribution in [0.5, 0.6) is 0 Å². The Morgan fingerprint density at radius 1 is 1.09 bits per heavy atom. The molecule has 4 rings (SSSR count). The molecule has 0 fully saturated rings. The highest BCUT2D eigenvalue weighted by molar-refractivity contribution is 7.99. The predicted molar refractivity (Wildman–Crippen MR) is 137 cm³/mol. The van der Waals surface area contributed by atoms with E-state index in [-0.39, 0.29) is 17.0 Å². The number of hydrogen-bond donors (Lipinski definition) is 0. The second kappa shape index (κ2) is 9.92. The summed E-state index contributed by atoms with van der Waals surface area (Å²) in [5.41, 5.74) is 4.03. The number of aromatic nitrogens is 4. The van der Waals surface area contributed by atoms with E-state index in [0.717, 1.165) is 22.6 Å². The molecule has 1 atom stereocenters. The number of rotatable bonds is 7. The Bertz CT molecular complexity index is 1330. The molecule has 6 nitrogen and oxygen atoms in total. The van der Waals surface area contributed by atoms with Gasteiger partial charge in [-0.2, -0.15) is 5.26 Å². The highest BCUT2D eigenvalue weighted by Crippen LogP contribution is 2.30. The van der Waals surface area contributed by atoms with Gasteiger partial charge in [-0.15, -0.1) is 21.5 Å². The molecule has 2 heterocycles. The van der Waals surface area contributed by atoms with Crippen LogP contribution in [0.1, 0.15) is 37.3 Å². The van der Waals surface area contributed by atoms with Crippen LogP contribution in [0.25, 0.3) is 22.6 Å². The minimum Gasteiger partial charge on any atom is -0.305 e. The fraction of sp³-hybridized carbons (Fsp3) is 0.269. The molecule has 0 aliphatic heterocycles. The average molecular weight is 488 g/mol. The van der Waals surface area contributed by atoms with Gasteiger partial charge in [-0.25, -0.2) is 4.98 Å². The summed E-state index contributed by atoms with van der Waals surface area (Å²) in [6, 6.07) is 20.2. The van der Waals surface area contributed by atoms with Crippen LogP contribution in [0.15, 0.2) is 65.1 Å². The van der Waals surface area contributed by atoms with Gasteiger partial charge in [0, 0.05) is 23.6 Å². The smallest absolute Gasteiger partial charge is 0.191 e. The molecule has 0 aliphatic carbocycles. The maximum atomic E-state index is 12.9. The van der Waals surface area contributed by atoms with Gasteiger partial charge in [0.25, 0.3) is 0 Å². The zero-order valence-corrected chi connectivity index (χ0v) is 21.2. The van der Waals surface area contributed by atoms with Crippen LogP contribution in [0.4, 0.5) is 0 Å². The van der Waals surface area contributed by atoms with E-state index in [1.807, 2.05) is 59.5 Å². The van der Waals surface area contributed by atoms with Gasteiger partial charge in [0.2, 0.25) is 0 Å². The monoisotopic (exact) mass is 487 g/mol. The summed E-state index contributed by atoms with van der Waals surface area (Å²) in [6.07, 6.45) is 0. The van der Waals surface area contributed by atoms with Crippen molar-refractivity contribution in [3.05, 3.63) is 70.5 Å². The quantitative estimate of drug-likeness (QED) is 0.303. The minimum absolute atomic E-state index is 0.0797. The topological polar surface area (TPSA) is 84.5 Å². The first-order valence-electron chi connectivity index (χ1n) is 10.8. The van der Waals surface area contributed by atoms with Gasteiger partial charge >= 0.3 is 0 Å². The van der Waals surface area contributed by atoms with Crippen LogP contribution in [-0.2, 0) is 17.3 Å². The third-order valence-corrected chi connectivity index (χ3v) is 7.43. The maximum Gasteiger partial charge on any atom is 0.191 e. The molecule has 0 saturated heterocycles. The summed E-state index contributed by atoms with van der Waals surface area (Å²) in [7, 11) is 1.88. The molecule has 34 heavy (non-hydrogen) atoms. The molecule has 0 amide bonds. The lowest BCUT2D eigenvalue weighted by molar-refractivity contribution is -0.116. The molecule has 8 heteroatoms. The van der Waals surface area contributed by atoms with Crippen molar-refractivity contribution in [2.24, 2.45) is 7.05 Å². The first kappa shape index (κ1) is 23.9. The van der Waals surface area contributed by atoms with Crippen molar-refractivity contribution in [1.82, 2.24) is 19.7 Å². The largest absolute Gasteiger partial charge is 0.305 e. The number of Topliss-reactive ketones (excluding diaryl/α,β-unsaturated/α-hetero) is 1. The number of thioether (sulfide) groups is 1. The van der Waals surface area contributed by atoms with E-state index in [0.29, 0.717) is 10.2 Å². The van der Waals surface area contributed by atoms with E-state index in [1.54, 1.807) is 0 Å². The van der Waals surface area contributed by atoms with Gasteiger partial charge < -0.3 is 4.57 Å². The lowest BCUT2D eigenvalue weighted by Crippen LogP contribution is -2.13. The molecule has 0 saturated carbocycles. The van der Waals surface area contributed by atoms with Crippen LogP contribution in [0.3, 0.4) is 0 Å². The van der Waals surface area contributed by atoms with Crippen molar-refractivity contribution >= 4 is 28.9 Å². The van der Waals surface area contributed by atoms with E-state index >= 15 is 0 Å². The maximum absolute atomic E-state index is 12.9. The van der Waals surface area contributed by atoms with Crippen molar-refractivity contribution in [3.63, 3.8) is 0 Å². The predicted octanol–water partition coefficient (Wildman–Crippen LogP) is 5.87. The summed E-state index contributed by atoms with van der Waals surface area (Å²) in [6.45, 7) is 6.54. The zero-order valence-electron chi connectivity index (χ0n) is 19.5. The molecule has 2 aromatic heterocycles. The molecule has 0 spiro atoms. The Morgan fingerprint density at radius 3 is 2.44 bits per heavy atom. The van der Waals surface area contributed by atoms with Gasteiger partial charge in [-0.1, -0.05) is 87.1 Å². The first-order valence-corrected chi connectivity index (χ1v) is 12.7. The number of carbonyl (C=O) groups is 1. The average Bonchev–Trinajstić information content (AvgIpc) is 3.45. The first-order chi connectivity index (χ1) is 16.3. The Kier molecular flexibility index (Phi) is 6.96. The fourth-order valence-corrected chi connectivity index (χ4v) is 5.17. The van der Waals surface area contributed by atoms with Gasteiger partial charge in [0.1, 0.15) is 5.01 Å². The Morgan fingerprint density at radius 2 is 1.79 bits per heavy atom. The van der Waals surface area contributed by atoms with Crippen molar-refractivity contribution in [2.45, 2.75) is 37.3 Å². The SMILES string of the molecule is Cn1c(SCC(=O)C(C#N)c2nc(-c3ccccc3)cs2)nnc1-c1ccc(C(C)(C)C)cc1. The number of thiazole rings is 1. The molecule has 172 valence electrons. The molecule has 0 bridgehead atoms. The third kappa shape index (κ3) is 5.11. The summed E-state index contributed by atoms with van der Waals surface area (Å²) < 4.78 is 1.88. The van der Waals surface area contributed by atoms with E-state index in [2.05, 4.69) is 54.2 Å². The number of hydrogen-bond acceptors (Lipinski definition) is 7. The molecule has 0 radical (unpaired) electrons. The van der Waals surface area contributed by atoms with Gasteiger partial charge in [-0.05, 0) is 11.0 Å². The van der Waals surface area contributed by atoms with Crippen molar-refractivity contribution in [3.8, 4) is 28.7 Å². The standard InChI is InChI=1S/C26H25N5OS2/c1-26(2,3)19-12-10-18(11-13-19)23-29-30-25(31(23)4)34-16-22(32)20(14-27)24-28-21(15-33-24)17-8-6-5-7-9-17/h5-13,15,20H,16H2,1-4H3. The second-order valence-electron chi connectivity index (χ2n) is 8.95. The molecule has 1 unspecified atom stereocenters. The highest BCUT2D eigenvalue weighted by atomic mass is 32.2. The molecule has 0 aliphatic rings. The van der Waals surface area contributed by atoms with Crippen molar-refractivity contribution in [2.75, 3.05) is 5.75 Å². The summed E-state index contributed by atoms with van der Waals surface area (Å²) >= 11 is 2.62. The molecule has 2 aromatic carbocycles. The lowest BCUT2D eigenvalue weighted by atomic mass is 9.87. The molecular formula is C26H25N5OS2. The van der Waals surface area contributed by atoms with Crippen LogP contribution < -0.4 is 0 Å². The number of carbonyl (C=O) groups excluding carboxylic acids is 1. The van der Waals surface area contributed by atoms with Crippen molar-refractivity contribution < 1.29 is 4.79 Å². The minimum atomic E-state index is -0.896. The highest BCUT2D eigenvalue weighted by Gasteiger charge is 2.25. The molecular weight excluding hydrogens is 462 g/mol. The summed E-state index contributed by atoms with van der Waals surface area (Å²) in [4.78, 5) is 17.4. The fourth-order valence-electron chi connectivity index (χ4n) is 3.46. The lowest BCUT2D eigenvalue weighted by Gasteiger charge is -2.19. The van der Waals surface area contributed by atoms with Gasteiger partial charge in [0.15, 0.2) is 22.7 Å². The second-order valence-corrected chi connectivity index (χ2v) is 10.8. The van der Waals surface area contributed by atoms with Crippen molar-refractivity contribution in [1.29, 1.82) is 5.26 Å². The van der Waals surface area contributed by atoms with Gasteiger partial charge in [0.05, 0.1) is 17.5 Å². The summed E-state index contributed by atoms with van der Waals surface area (Å²) in [5.74, 6) is -0.235. The Balaban J connectivity index is 1.44. The zero-order chi connectivity index (χ0) is 24.3. The van der Waals surface area contributed by atoms with E-state index in [9.17, 15) is 10.1 Å².